The fraction of sp³-hybridized carbons (Fsp3) is 0.174. The molecule has 0 aliphatic rings. The van der Waals surface area contributed by atoms with Crippen LogP contribution in [0.2, 0.25) is 0 Å². The van der Waals surface area contributed by atoms with Gasteiger partial charge in [0.1, 0.15) is 5.75 Å². The molecule has 0 radical (unpaired) electrons. The molecule has 1 amide bonds. The van der Waals surface area contributed by atoms with Crippen molar-refractivity contribution in [1.82, 2.24) is 4.72 Å². The van der Waals surface area contributed by atoms with Crippen LogP contribution in [0.4, 0.5) is 5.69 Å². The summed E-state index contributed by atoms with van der Waals surface area (Å²) in [5.41, 5.74) is 1.84. The number of rotatable bonds is 9. The Hall–Kier alpha value is -3.16. The molecule has 0 spiro atoms. The predicted molar refractivity (Wildman–Crippen MR) is 117 cm³/mol. The number of amides is 1. The molecule has 6 nitrogen and oxygen atoms in total. The molecule has 2 N–H and O–H groups in total. The first-order chi connectivity index (χ1) is 14.5. The molecule has 0 saturated carbocycles. The summed E-state index contributed by atoms with van der Waals surface area (Å²) in [7, 11) is -3.65. The van der Waals surface area contributed by atoms with Crippen molar-refractivity contribution in [2.45, 2.75) is 24.8 Å². The van der Waals surface area contributed by atoms with Crippen molar-refractivity contribution in [2.75, 3.05) is 11.9 Å². The molecular weight excluding hydrogens is 400 g/mol. The van der Waals surface area contributed by atoms with Gasteiger partial charge in [0.25, 0.3) is 5.91 Å². The third kappa shape index (κ3) is 5.92. The van der Waals surface area contributed by atoms with Crippen LogP contribution in [0, 0.1) is 0 Å². The van der Waals surface area contributed by atoms with Gasteiger partial charge in [0.2, 0.25) is 10.0 Å². The Morgan fingerprint density at radius 3 is 2.37 bits per heavy atom. The molecule has 0 bridgehead atoms. The first kappa shape index (κ1) is 21.5. The van der Waals surface area contributed by atoms with Crippen LogP contribution < -0.4 is 14.8 Å². The van der Waals surface area contributed by atoms with Crippen molar-refractivity contribution in [3.8, 4) is 5.75 Å². The second kappa shape index (κ2) is 10.0. The number of hydrogen-bond donors (Lipinski definition) is 2. The van der Waals surface area contributed by atoms with E-state index in [-0.39, 0.29) is 17.3 Å². The predicted octanol–water partition coefficient (Wildman–Crippen LogP) is 4.21. The summed E-state index contributed by atoms with van der Waals surface area (Å²) < 4.78 is 33.1. The second-order valence-electron chi connectivity index (χ2n) is 6.66. The Balaban J connectivity index is 1.63. The van der Waals surface area contributed by atoms with E-state index in [1.165, 1.54) is 12.1 Å². The minimum absolute atomic E-state index is 0.131. The topological polar surface area (TPSA) is 84.5 Å². The van der Waals surface area contributed by atoms with Gasteiger partial charge in [-0.3, -0.25) is 4.79 Å². The van der Waals surface area contributed by atoms with Gasteiger partial charge in [-0.15, -0.1) is 0 Å². The summed E-state index contributed by atoms with van der Waals surface area (Å²) in [6.07, 6.45) is 0.881. The van der Waals surface area contributed by atoms with Gasteiger partial charge in [0.15, 0.2) is 0 Å². The van der Waals surface area contributed by atoms with Crippen LogP contribution in [0.1, 0.15) is 29.3 Å². The molecule has 0 atom stereocenters. The summed E-state index contributed by atoms with van der Waals surface area (Å²) in [6.45, 7) is 2.80. The van der Waals surface area contributed by atoms with Gasteiger partial charge in [-0.05, 0) is 54.4 Å². The number of anilines is 1. The fourth-order valence-electron chi connectivity index (χ4n) is 2.73. The summed E-state index contributed by atoms with van der Waals surface area (Å²) in [6, 6.07) is 22.3. The fourth-order valence-corrected chi connectivity index (χ4v) is 3.74. The molecule has 156 valence electrons. The van der Waals surface area contributed by atoms with E-state index in [0.29, 0.717) is 23.6 Å². The summed E-state index contributed by atoms with van der Waals surface area (Å²) >= 11 is 0. The van der Waals surface area contributed by atoms with Crippen LogP contribution >= 0.6 is 0 Å². The molecule has 0 heterocycles. The molecule has 0 fully saturated rings. The Bertz CT molecular complexity index is 1080. The maximum Gasteiger partial charge on any atom is 0.255 e. The van der Waals surface area contributed by atoms with Gasteiger partial charge < -0.3 is 10.1 Å². The number of ether oxygens (including phenoxy) is 1. The van der Waals surface area contributed by atoms with Crippen LogP contribution in [0.25, 0.3) is 0 Å². The van der Waals surface area contributed by atoms with Gasteiger partial charge in [-0.1, -0.05) is 43.3 Å². The standard InChI is InChI=1S/C23H24N2O4S/c1-2-15-29-21-10-6-9-19(16-21)23(26)25-20-11-13-22(14-12-20)30(27,28)24-17-18-7-4-3-5-8-18/h3-14,16,24H,2,15,17H2,1H3,(H,25,26). The zero-order chi connectivity index (χ0) is 21.4. The Morgan fingerprint density at radius 1 is 0.933 bits per heavy atom. The van der Waals surface area contributed by atoms with Gasteiger partial charge >= 0.3 is 0 Å². The lowest BCUT2D eigenvalue weighted by Gasteiger charge is -2.10. The molecule has 0 saturated heterocycles. The summed E-state index contributed by atoms with van der Waals surface area (Å²) in [5, 5.41) is 2.77. The number of nitrogens with one attached hydrogen (secondary N) is 2. The third-order valence-electron chi connectivity index (χ3n) is 4.30. The van der Waals surface area contributed by atoms with Crippen molar-refractivity contribution < 1.29 is 17.9 Å². The average molecular weight is 425 g/mol. The Labute approximate surface area is 177 Å². The number of hydrogen-bond acceptors (Lipinski definition) is 4. The van der Waals surface area contributed by atoms with Gasteiger partial charge in [0, 0.05) is 17.8 Å². The van der Waals surface area contributed by atoms with Gasteiger partial charge in [0.05, 0.1) is 11.5 Å². The molecule has 7 heteroatoms. The third-order valence-corrected chi connectivity index (χ3v) is 5.72. The van der Waals surface area contributed by atoms with Crippen molar-refractivity contribution in [2.24, 2.45) is 0 Å². The van der Waals surface area contributed by atoms with Gasteiger partial charge in [-0.2, -0.15) is 0 Å². The van der Waals surface area contributed by atoms with E-state index < -0.39 is 10.0 Å². The van der Waals surface area contributed by atoms with E-state index in [1.54, 1.807) is 36.4 Å². The molecule has 3 rings (SSSR count). The zero-order valence-electron chi connectivity index (χ0n) is 16.7. The van der Waals surface area contributed by atoms with E-state index in [2.05, 4.69) is 10.0 Å². The molecule has 3 aromatic rings. The molecule has 0 unspecified atom stereocenters. The van der Waals surface area contributed by atoms with E-state index in [4.69, 9.17) is 4.74 Å². The Morgan fingerprint density at radius 2 is 1.67 bits per heavy atom. The normalized spacial score (nSPS) is 11.1. The van der Waals surface area contributed by atoms with Crippen molar-refractivity contribution in [3.05, 3.63) is 90.0 Å². The van der Waals surface area contributed by atoms with Gasteiger partial charge in [-0.25, -0.2) is 13.1 Å². The van der Waals surface area contributed by atoms with Crippen LogP contribution in [0.5, 0.6) is 5.75 Å². The SMILES string of the molecule is CCCOc1cccc(C(=O)Nc2ccc(S(=O)(=O)NCc3ccccc3)cc2)c1. The summed E-state index contributed by atoms with van der Waals surface area (Å²) in [5.74, 6) is 0.338. The molecule has 30 heavy (non-hydrogen) atoms. The van der Waals surface area contributed by atoms with E-state index in [9.17, 15) is 13.2 Å². The maximum absolute atomic E-state index is 12.5. The van der Waals surface area contributed by atoms with E-state index in [0.717, 1.165) is 12.0 Å². The lowest BCUT2D eigenvalue weighted by molar-refractivity contribution is 0.102. The lowest BCUT2D eigenvalue weighted by atomic mass is 10.2. The van der Waals surface area contributed by atoms with Crippen LogP contribution in [-0.4, -0.2) is 20.9 Å². The highest BCUT2D eigenvalue weighted by Gasteiger charge is 2.14. The zero-order valence-corrected chi connectivity index (χ0v) is 17.5. The van der Waals surface area contributed by atoms with Crippen LogP contribution in [0.15, 0.2) is 83.8 Å². The highest BCUT2D eigenvalue weighted by molar-refractivity contribution is 7.89. The molecule has 0 aliphatic carbocycles. The highest BCUT2D eigenvalue weighted by Crippen LogP contribution is 2.18. The minimum Gasteiger partial charge on any atom is -0.494 e. The molecular formula is C23H24N2O4S. The molecule has 0 aliphatic heterocycles. The van der Waals surface area contributed by atoms with Crippen LogP contribution in [-0.2, 0) is 16.6 Å². The van der Waals surface area contributed by atoms with Crippen LogP contribution in [0.3, 0.4) is 0 Å². The second-order valence-corrected chi connectivity index (χ2v) is 8.43. The first-order valence-corrected chi connectivity index (χ1v) is 11.1. The molecule has 3 aromatic carbocycles. The first-order valence-electron chi connectivity index (χ1n) is 9.66. The monoisotopic (exact) mass is 424 g/mol. The molecule has 0 aromatic heterocycles. The number of sulfonamides is 1. The lowest BCUT2D eigenvalue weighted by Crippen LogP contribution is -2.23. The maximum atomic E-state index is 12.5. The smallest absolute Gasteiger partial charge is 0.255 e. The quantitative estimate of drug-likeness (QED) is 0.539. The largest absolute Gasteiger partial charge is 0.494 e. The Kier molecular flexibility index (Phi) is 7.21. The minimum atomic E-state index is -3.65. The van der Waals surface area contributed by atoms with Crippen molar-refractivity contribution in [1.29, 1.82) is 0 Å². The average Bonchev–Trinajstić information content (AvgIpc) is 2.77. The van der Waals surface area contributed by atoms with Crippen molar-refractivity contribution in [3.63, 3.8) is 0 Å². The number of carbonyl (C=O) groups excluding carboxylic acids is 1. The van der Waals surface area contributed by atoms with Crippen molar-refractivity contribution >= 4 is 21.6 Å². The number of benzene rings is 3. The van der Waals surface area contributed by atoms with E-state index >= 15 is 0 Å². The highest BCUT2D eigenvalue weighted by atomic mass is 32.2. The summed E-state index contributed by atoms with van der Waals surface area (Å²) in [4.78, 5) is 12.6. The van der Waals surface area contributed by atoms with E-state index in [1.807, 2.05) is 37.3 Å². The number of carbonyl (C=O) groups is 1.